The van der Waals surface area contributed by atoms with Crippen molar-refractivity contribution in [3.63, 3.8) is 0 Å². The van der Waals surface area contributed by atoms with E-state index >= 15 is 0 Å². The Morgan fingerprint density at radius 1 is 1.09 bits per heavy atom. The molecule has 1 fully saturated rings. The first kappa shape index (κ1) is 26.5. The van der Waals surface area contributed by atoms with Crippen molar-refractivity contribution in [3.8, 4) is 0 Å². The molecule has 0 saturated carbocycles. The molecule has 2 aromatic carbocycles. The van der Waals surface area contributed by atoms with E-state index in [2.05, 4.69) is 0 Å². The first-order chi connectivity index (χ1) is 16.3. The molecule has 1 aliphatic heterocycles. The van der Waals surface area contributed by atoms with Gasteiger partial charge in [0.1, 0.15) is 0 Å². The van der Waals surface area contributed by atoms with E-state index in [-0.39, 0.29) is 47.1 Å². The highest BCUT2D eigenvalue weighted by atomic mass is 32.2. The maximum absolute atomic E-state index is 12.9. The van der Waals surface area contributed by atoms with Crippen LogP contribution < -0.4 is 5.11 Å². The van der Waals surface area contributed by atoms with Gasteiger partial charge in [0.25, 0.3) is 0 Å². The van der Waals surface area contributed by atoms with Crippen molar-refractivity contribution in [2.75, 3.05) is 32.9 Å². The number of nitrogens with zero attached hydrogens (tertiary/aromatic N) is 2. The van der Waals surface area contributed by atoms with E-state index in [1.54, 1.807) is 44.4 Å². The summed E-state index contributed by atoms with van der Waals surface area (Å²) in [5.74, 6) is -3.28. The van der Waals surface area contributed by atoms with Gasteiger partial charge >= 0.3 is 12.0 Å². The number of amides is 2. The molecule has 1 aliphatic rings. The minimum Gasteiger partial charge on any atom is -0.802 e. The van der Waals surface area contributed by atoms with Crippen LogP contribution in [0, 0.1) is 5.92 Å². The molecule has 2 atom stereocenters. The smallest absolute Gasteiger partial charge is 0.418 e. The second-order valence-electron chi connectivity index (χ2n) is 9.51. The van der Waals surface area contributed by atoms with Crippen molar-refractivity contribution in [3.05, 3.63) is 65.7 Å². The SMILES string of the molecule is CC1([O-])CN(CCCC(CS(=O)(=O)c2ccc(C(=O)c3ccccc3)cc2)C(=O)O)C(=O)[N+]1(C)C. The average Bonchev–Trinajstić information content (AvgIpc) is 2.96. The summed E-state index contributed by atoms with van der Waals surface area (Å²) in [4.78, 5) is 38.1. The molecule has 2 aromatic rings. The van der Waals surface area contributed by atoms with Crippen molar-refractivity contribution in [2.24, 2.45) is 5.92 Å². The maximum atomic E-state index is 12.9. The van der Waals surface area contributed by atoms with Crippen LogP contribution in [-0.4, -0.2) is 79.4 Å². The van der Waals surface area contributed by atoms with Gasteiger partial charge in [-0.05, 0) is 44.0 Å². The van der Waals surface area contributed by atoms with Gasteiger partial charge in [0.2, 0.25) is 0 Å². The molecule has 0 aromatic heterocycles. The number of ketones is 1. The summed E-state index contributed by atoms with van der Waals surface area (Å²) in [6, 6.07) is 13.7. The molecule has 35 heavy (non-hydrogen) atoms. The number of hydrogen-bond acceptors (Lipinski definition) is 6. The molecular weight excluding hydrogens is 472 g/mol. The van der Waals surface area contributed by atoms with Gasteiger partial charge in [-0.3, -0.25) is 19.0 Å². The van der Waals surface area contributed by atoms with Gasteiger partial charge in [-0.15, -0.1) is 0 Å². The number of aliphatic carboxylic acids is 1. The predicted octanol–water partition coefficient (Wildman–Crippen LogP) is 1.76. The minimum absolute atomic E-state index is 0.00290. The molecule has 1 saturated heterocycles. The predicted molar refractivity (Wildman–Crippen MR) is 126 cm³/mol. The number of quaternary nitrogens is 1. The van der Waals surface area contributed by atoms with Crippen LogP contribution in [0.5, 0.6) is 0 Å². The molecule has 2 amide bonds. The summed E-state index contributed by atoms with van der Waals surface area (Å²) >= 11 is 0. The van der Waals surface area contributed by atoms with Gasteiger partial charge < -0.3 is 10.2 Å². The Kier molecular flexibility index (Phi) is 7.49. The van der Waals surface area contributed by atoms with Gasteiger partial charge in [0.15, 0.2) is 15.6 Å². The van der Waals surface area contributed by atoms with Crippen molar-refractivity contribution in [1.29, 1.82) is 0 Å². The van der Waals surface area contributed by atoms with E-state index in [9.17, 15) is 33.0 Å². The normalized spacial score (nSPS) is 20.6. The van der Waals surface area contributed by atoms with E-state index < -0.39 is 33.2 Å². The van der Waals surface area contributed by atoms with Crippen molar-refractivity contribution in [1.82, 2.24) is 4.90 Å². The zero-order chi connectivity index (χ0) is 26.0. The maximum Gasteiger partial charge on any atom is 0.418 e. The molecule has 0 bridgehead atoms. The first-order valence-electron chi connectivity index (χ1n) is 11.3. The number of urea groups is 1. The van der Waals surface area contributed by atoms with Crippen molar-refractivity contribution in [2.45, 2.75) is 30.4 Å². The van der Waals surface area contributed by atoms with E-state index in [4.69, 9.17) is 0 Å². The molecule has 0 spiro atoms. The van der Waals surface area contributed by atoms with E-state index in [1.165, 1.54) is 36.1 Å². The number of carbonyl (C=O) groups excluding carboxylic acids is 2. The summed E-state index contributed by atoms with van der Waals surface area (Å²) in [6.07, 6.45) is 0.282. The molecule has 1 N–H and O–H groups in total. The summed E-state index contributed by atoms with van der Waals surface area (Å²) < 4.78 is 25.4. The Morgan fingerprint density at radius 2 is 1.66 bits per heavy atom. The minimum atomic E-state index is -3.93. The lowest BCUT2D eigenvalue weighted by Gasteiger charge is -2.41. The van der Waals surface area contributed by atoms with Crippen LogP contribution in [0.15, 0.2) is 59.5 Å². The molecule has 9 nitrogen and oxygen atoms in total. The molecule has 188 valence electrons. The van der Waals surface area contributed by atoms with Crippen LogP contribution in [0.1, 0.15) is 35.7 Å². The van der Waals surface area contributed by atoms with Gasteiger partial charge in [-0.1, -0.05) is 30.3 Å². The zero-order valence-corrected chi connectivity index (χ0v) is 20.8. The molecule has 2 unspecified atom stereocenters. The third kappa shape index (κ3) is 5.61. The number of carbonyl (C=O) groups is 3. The monoisotopic (exact) mass is 502 g/mol. The highest BCUT2D eigenvalue weighted by Gasteiger charge is 2.49. The Balaban J connectivity index is 1.64. The standard InChI is InChI=1S/C25H30N2O7S/c1-25(32)17-26(24(31)27(25,2)3)15-7-10-20(23(29)30)16-35(33,34)21-13-11-19(12-14-21)22(28)18-8-5-4-6-9-18/h4-6,8-9,11-14,20H,7,10,15-17H2,1-3H3,(H,29,30). The molecule has 1 heterocycles. The largest absolute Gasteiger partial charge is 0.802 e. The molecule has 10 heteroatoms. The zero-order valence-electron chi connectivity index (χ0n) is 20.0. The van der Waals surface area contributed by atoms with Crippen LogP contribution in [0.4, 0.5) is 4.79 Å². The van der Waals surface area contributed by atoms with Crippen LogP contribution in [0.25, 0.3) is 0 Å². The number of hydrogen-bond donors (Lipinski definition) is 1. The highest BCUT2D eigenvalue weighted by Crippen LogP contribution is 2.27. The van der Waals surface area contributed by atoms with Crippen molar-refractivity contribution < 1.29 is 37.5 Å². The Labute approximate surface area is 205 Å². The quantitative estimate of drug-likeness (QED) is 0.387. The topological polar surface area (TPSA) is 132 Å². The Morgan fingerprint density at radius 3 is 2.17 bits per heavy atom. The van der Waals surface area contributed by atoms with Crippen LogP contribution in [0.3, 0.4) is 0 Å². The molecule has 3 rings (SSSR count). The third-order valence-electron chi connectivity index (χ3n) is 6.68. The summed E-state index contributed by atoms with van der Waals surface area (Å²) in [5.41, 5.74) is -0.711. The number of benzene rings is 2. The van der Waals surface area contributed by atoms with Gasteiger partial charge in [-0.25, -0.2) is 13.2 Å². The third-order valence-corrected chi connectivity index (χ3v) is 8.51. The summed E-state index contributed by atoms with van der Waals surface area (Å²) in [5, 5.41) is 22.2. The number of carboxylic acids is 1. The number of likely N-dealkylation sites (N-methyl/N-ethyl adjacent to an activating group) is 1. The fraction of sp³-hybridized carbons (Fsp3) is 0.400. The average molecular weight is 503 g/mol. The summed E-state index contributed by atoms with van der Waals surface area (Å²) in [6.45, 7) is 1.64. The fourth-order valence-corrected chi connectivity index (χ4v) is 5.65. The number of sulfone groups is 1. The van der Waals surface area contributed by atoms with Gasteiger partial charge in [-0.2, -0.15) is 0 Å². The Bertz CT molecular complexity index is 1210. The molecule has 0 aliphatic carbocycles. The first-order valence-corrected chi connectivity index (χ1v) is 12.9. The lowest BCUT2D eigenvalue weighted by Crippen LogP contribution is -2.64. The van der Waals surface area contributed by atoms with E-state index in [0.717, 1.165) is 0 Å². The summed E-state index contributed by atoms with van der Waals surface area (Å²) in [7, 11) is -0.850. The molecule has 0 radical (unpaired) electrons. The van der Waals surface area contributed by atoms with Crippen LogP contribution in [0.2, 0.25) is 0 Å². The lowest BCUT2D eigenvalue weighted by molar-refractivity contribution is -0.945. The van der Waals surface area contributed by atoms with Gasteiger partial charge in [0.05, 0.1) is 42.9 Å². The highest BCUT2D eigenvalue weighted by molar-refractivity contribution is 7.91. The van der Waals surface area contributed by atoms with E-state index in [1.807, 2.05) is 0 Å². The van der Waals surface area contributed by atoms with E-state index in [0.29, 0.717) is 11.1 Å². The number of rotatable bonds is 10. The fourth-order valence-electron chi connectivity index (χ4n) is 4.07. The van der Waals surface area contributed by atoms with Crippen LogP contribution in [-0.2, 0) is 14.6 Å². The van der Waals surface area contributed by atoms with Crippen molar-refractivity contribution >= 4 is 27.6 Å². The van der Waals surface area contributed by atoms with Crippen LogP contribution >= 0.6 is 0 Å². The second-order valence-corrected chi connectivity index (χ2v) is 11.5. The second kappa shape index (κ2) is 9.88. The Hall–Kier alpha value is -3.08. The lowest BCUT2D eigenvalue weighted by atomic mass is 10.0. The van der Waals surface area contributed by atoms with Gasteiger partial charge in [0, 0.05) is 17.7 Å². The number of carboxylic acid groups (broad SMARTS) is 1. The molecular formula is C25H30N2O7S.